The molecule has 0 spiro atoms. The molecule has 0 aliphatic carbocycles. The van der Waals surface area contributed by atoms with E-state index in [1.807, 2.05) is 13.8 Å². The van der Waals surface area contributed by atoms with Crippen LogP contribution in [0.1, 0.15) is 13.8 Å². The van der Waals surface area contributed by atoms with Gasteiger partial charge in [-0.25, -0.2) is 0 Å². The Kier molecular flexibility index (Phi) is 3.58. The maximum absolute atomic E-state index is 5.85. The largest absolute Gasteiger partial charge is 0.481 e. The van der Waals surface area contributed by atoms with E-state index in [1.54, 1.807) is 19.2 Å². The van der Waals surface area contributed by atoms with Crippen LogP contribution in [0.25, 0.3) is 0 Å². The van der Waals surface area contributed by atoms with Crippen molar-refractivity contribution in [3.63, 3.8) is 0 Å². The lowest BCUT2D eigenvalue weighted by Gasteiger charge is -2.35. The molecule has 1 aromatic rings. The predicted octanol–water partition coefficient (Wildman–Crippen LogP) is 1.24. The van der Waals surface area contributed by atoms with E-state index in [4.69, 9.17) is 19.9 Å². The van der Waals surface area contributed by atoms with Crippen LogP contribution >= 0.6 is 0 Å². The molecule has 0 saturated carbocycles. The summed E-state index contributed by atoms with van der Waals surface area (Å²) >= 11 is 0. The second-order valence-corrected chi connectivity index (χ2v) is 4.65. The molecule has 18 heavy (non-hydrogen) atoms. The van der Waals surface area contributed by atoms with Crippen LogP contribution in [0.2, 0.25) is 0 Å². The van der Waals surface area contributed by atoms with Gasteiger partial charge in [0.25, 0.3) is 0 Å². The van der Waals surface area contributed by atoms with Crippen LogP contribution in [0, 0.1) is 0 Å². The number of hydrogen-bond donors (Lipinski definition) is 2. The minimum absolute atomic E-state index is 0.0277. The van der Waals surface area contributed by atoms with Crippen LogP contribution in [0.3, 0.4) is 0 Å². The van der Waals surface area contributed by atoms with Gasteiger partial charge in [-0.15, -0.1) is 0 Å². The molecule has 1 aliphatic rings. The standard InChI is InChI=1S/C12H19N3O3/c1-12(2)17-6-8(7-18-12)14-11-9(13)4-5-10(15-11)16-3/h4-5,8H,6-7,13H2,1-3H3,(H,14,15). The monoisotopic (exact) mass is 253 g/mol. The second-order valence-electron chi connectivity index (χ2n) is 4.65. The fraction of sp³-hybridized carbons (Fsp3) is 0.583. The number of hydrogen-bond acceptors (Lipinski definition) is 6. The van der Waals surface area contributed by atoms with E-state index >= 15 is 0 Å². The quantitative estimate of drug-likeness (QED) is 0.843. The zero-order chi connectivity index (χ0) is 13.2. The van der Waals surface area contributed by atoms with Crippen molar-refractivity contribution < 1.29 is 14.2 Å². The van der Waals surface area contributed by atoms with E-state index in [-0.39, 0.29) is 6.04 Å². The van der Waals surface area contributed by atoms with Crippen molar-refractivity contribution in [2.75, 3.05) is 31.4 Å². The maximum atomic E-state index is 5.85. The van der Waals surface area contributed by atoms with Crippen LogP contribution in [0.4, 0.5) is 11.5 Å². The minimum Gasteiger partial charge on any atom is -0.481 e. The molecule has 2 rings (SSSR count). The predicted molar refractivity (Wildman–Crippen MR) is 68.6 cm³/mol. The molecule has 0 atom stereocenters. The lowest BCUT2D eigenvalue weighted by atomic mass is 10.2. The Bertz CT molecular complexity index is 413. The molecule has 1 fully saturated rings. The zero-order valence-corrected chi connectivity index (χ0v) is 10.9. The summed E-state index contributed by atoms with van der Waals surface area (Å²) < 4.78 is 16.2. The van der Waals surface area contributed by atoms with E-state index in [0.717, 1.165) is 0 Å². The Morgan fingerprint density at radius 3 is 2.67 bits per heavy atom. The summed E-state index contributed by atoms with van der Waals surface area (Å²) in [5.41, 5.74) is 6.42. The number of ether oxygens (including phenoxy) is 3. The smallest absolute Gasteiger partial charge is 0.215 e. The minimum atomic E-state index is -0.522. The molecule has 3 N–H and O–H groups in total. The number of nitrogens with zero attached hydrogens (tertiary/aromatic N) is 1. The van der Waals surface area contributed by atoms with Crippen molar-refractivity contribution in [1.29, 1.82) is 0 Å². The SMILES string of the molecule is COc1ccc(N)c(NC2COC(C)(C)OC2)n1. The Balaban J connectivity index is 2.01. The molecular formula is C12H19N3O3. The van der Waals surface area contributed by atoms with Gasteiger partial charge in [-0.3, -0.25) is 0 Å². The molecule has 0 aromatic carbocycles. The normalized spacial score (nSPS) is 19.5. The fourth-order valence-electron chi connectivity index (χ4n) is 1.65. The maximum Gasteiger partial charge on any atom is 0.215 e. The molecule has 1 aromatic heterocycles. The van der Waals surface area contributed by atoms with Crippen molar-refractivity contribution in [3.8, 4) is 5.88 Å². The van der Waals surface area contributed by atoms with Gasteiger partial charge >= 0.3 is 0 Å². The van der Waals surface area contributed by atoms with Gasteiger partial charge in [-0.05, 0) is 19.9 Å². The summed E-state index contributed by atoms with van der Waals surface area (Å²) in [7, 11) is 1.57. The summed E-state index contributed by atoms with van der Waals surface area (Å²) in [4.78, 5) is 4.25. The third kappa shape index (κ3) is 3.02. The van der Waals surface area contributed by atoms with Crippen LogP contribution in [-0.2, 0) is 9.47 Å². The lowest BCUT2D eigenvalue weighted by Crippen LogP contribution is -2.45. The van der Waals surface area contributed by atoms with Gasteiger partial charge in [0.2, 0.25) is 5.88 Å². The highest BCUT2D eigenvalue weighted by Crippen LogP contribution is 2.23. The molecule has 1 aliphatic heterocycles. The third-order valence-electron chi connectivity index (χ3n) is 2.72. The highest BCUT2D eigenvalue weighted by Gasteiger charge is 2.28. The molecule has 2 heterocycles. The summed E-state index contributed by atoms with van der Waals surface area (Å²) in [6.45, 7) is 4.87. The van der Waals surface area contributed by atoms with Gasteiger partial charge in [-0.2, -0.15) is 4.98 Å². The Morgan fingerprint density at radius 1 is 1.39 bits per heavy atom. The highest BCUT2D eigenvalue weighted by atomic mass is 16.7. The molecule has 6 heteroatoms. The zero-order valence-electron chi connectivity index (χ0n) is 10.9. The van der Waals surface area contributed by atoms with E-state index in [0.29, 0.717) is 30.6 Å². The first-order valence-electron chi connectivity index (χ1n) is 5.85. The molecule has 6 nitrogen and oxygen atoms in total. The Labute approximate surface area is 106 Å². The summed E-state index contributed by atoms with van der Waals surface area (Å²) in [6.07, 6.45) is 0. The van der Waals surface area contributed by atoms with Crippen molar-refractivity contribution in [3.05, 3.63) is 12.1 Å². The molecule has 0 unspecified atom stereocenters. The van der Waals surface area contributed by atoms with E-state index in [1.165, 1.54) is 0 Å². The van der Waals surface area contributed by atoms with Gasteiger partial charge in [0.05, 0.1) is 32.1 Å². The molecule has 100 valence electrons. The number of aromatic nitrogens is 1. The molecule has 0 amide bonds. The van der Waals surface area contributed by atoms with Crippen molar-refractivity contribution in [2.24, 2.45) is 0 Å². The number of nitrogens with two attached hydrogens (primary N) is 1. The van der Waals surface area contributed by atoms with Crippen LogP contribution in [0.5, 0.6) is 5.88 Å². The Hall–Kier alpha value is -1.53. The topological polar surface area (TPSA) is 78.6 Å². The average Bonchev–Trinajstić information content (AvgIpc) is 2.34. The second kappa shape index (κ2) is 4.99. The van der Waals surface area contributed by atoms with Crippen molar-refractivity contribution in [2.45, 2.75) is 25.7 Å². The van der Waals surface area contributed by atoms with Crippen LogP contribution < -0.4 is 15.8 Å². The van der Waals surface area contributed by atoms with Crippen molar-refractivity contribution in [1.82, 2.24) is 4.98 Å². The first-order valence-corrected chi connectivity index (χ1v) is 5.85. The number of nitrogen functional groups attached to an aromatic ring is 1. The van der Waals surface area contributed by atoms with Crippen LogP contribution in [-0.4, -0.2) is 37.1 Å². The van der Waals surface area contributed by atoms with Crippen molar-refractivity contribution >= 4 is 11.5 Å². The summed E-state index contributed by atoms with van der Waals surface area (Å²) in [5, 5.41) is 3.20. The van der Waals surface area contributed by atoms with Gasteiger partial charge < -0.3 is 25.3 Å². The molecule has 1 saturated heterocycles. The summed E-state index contributed by atoms with van der Waals surface area (Å²) in [5.74, 6) is 0.585. The highest BCUT2D eigenvalue weighted by molar-refractivity contribution is 5.62. The van der Waals surface area contributed by atoms with Gasteiger partial charge in [-0.1, -0.05) is 0 Å². The number of nitrogens with one attached hydrogen (secondary N) is 1. The lowest BCUT2D eigenvalue weighted by molar-refractivity contribution is -0.247. The average molecular weight is 253 g/mol. The third-order valence-corrected chi connectivity index (χ3v) is 2.72. The van der Waals surface area contributed by atoms with E-state index < -0.39 is 5.79 Å². The van der Waals surface area contributed by atoms with E-state index in [2.05, 4.69) is 10.3 Å². The number of rotatable bonds is 3. The number of pyridine rings is 1. The summed E-state index contributed by atoms with van der Waals surface area (Å²) in [6, 6.07) is 3.50. The first kappa shape index (κ1) is 12.9. The van der Waals surface area contributed by atoms with Crippen LogP contribution in [0.15, 0.2) is 12.1 Å². The number of anilines is 2. The first-order chi connectivity index (χ1) is 8.50. The number of methoxy groups -OCH3 is 1. The van der Waals surface area contributed by atoms with Gasteiger partial charge in [0.1, 0.15) is 0 Å². The fourth-order valence-corrected chi connectivity index (χ4v) is 1.65. The van der Waals surface area contributed by atoms with Gasteiger partial charge in [0.15, 0.2) is 11.6 Å². The van der Waals surface area contributed by atoms with E-state index in [9.17, 15) is 0 Å². The molecule has 0 bridgehead atoms. The Morgan fingerprint density at radius 2 is 2.06 bits per heavy atom. The molecular weight excluding hydrogens is 234 g/mol. The van der Waals surface area contributed by atoms with Gasteiger partial charge in [0, 0.05) is 6.07 Å². The molecule has 0 radical (unpaired) electrons.